The average molecular weight is 298 g/mol. The molecule has 2 amide bonds. The number of rotatable bonds is 3. The molecule has 21 heavy (non-hydrogen) atoms. The molecule has 0 bridgehead atoms. The van der Waals surface area contributed by atoms with Crippen molar-refractivity contribution < 1.29 is 14.7 Å². The third kappa shape index (κ3) is 7.34. The summed E-state index contributed by atoms with van der Waals surface area (Å²) in [5.74, 6) is -0.233. The van der Waals surface area contributed by atoms with Gasteiger partial charge < -0.3 is 10.4 Å². The van der Waals surface area contributed by atoms with Gasteiger partial charge in [-0.05, 0) is 12.8 Å². The summed E-state index contributed by atoms with van der Waals surface area (Å²) >= 11 is 0. The SMILES string of the molecule is CNC(=O)CN(C(=O)O)C1CCCCCCCCCCC1. The molecule has 5 heteroatoms. The first-order valence-electron chi connectivity index (χ1n) is 8.35. The maximum Gasteiger partial charge on any atom is 0.408 e. The van der Waals surface area contributed by atoms with E-state index in [1.165, 1.54) is 49.8 Å². The van der Waals surface area contributed by atoms with Gasteiger partial charge in [-0.25, -0.2) is 4.79 Å². The standard InChI is InChI=1S/C16H30N2O3/c1-17-15(19)13-18(16(20)21)14-11-9-7-5-3-2-4-6-8-10-12-14/h14H,2-13H2,1H3,(H,17,19)(H,20,21). The van der Waals surface area contributed by atoms with Crippen LogP contribution < -0.4 is 5.32 Å². The minimum atomic E-state index is -0.976. The molecular formula is C16H30N2O3. The number of likely N-dealkylation sites (N-methyl/N-ethyl adjacent to an activating group) is 1. The third-order valence-corrected chi connectivity index (χ3v) is 4.35. The fourth-order valence-electron chi connectivity index (χ4n) is 3.04. The highest BCUT2D eigenvalue weighted by Crippen LogP contribution is 2.20. The lowest BCUT2D eigenvalue weighted by Gasteiger charge is -2.29. The largest absolute Gasteiger partial charge is 0.465 e. The van der Waals surface area contributed by atoms with Crippen molar-refractivity contribution in [2.45, 2.75) is 76.7 Å². The number of carbonyl (C=O) groups is 2. The van der Waals surface area contributed by atoms with E-state index in [4.69, 9.17) is 0 Å². The number of amides is 2. The molecule has 0 radical (unpaired) electrons. The number of nitrogens with one attached hydrogen (secondary N) is 1. The van der Waals surface area contributed by atoms with Crippen LogP contribution in [0.15, 0.2) is 0 Å². The number of carboxylic acid groups (broad SMARTS) is 1. The number of hydrogen-bond acceptors (Lipinski definition) is 2. The van der Waals surface area contributed by atoms with Crippen molar-refractivity contribution in [3.8, 4) is 0 Å². The Morgan fingerprint density at radius 3 is 1.76 bits per heavy atom. The molecule has 0 aromatic rings. The van der Waals surface area contributed by atoms with Crippen LogP contribution in [-0.2, 0) is 4.79 Å². The molecular weight excluding hydrogens is 268 g/mol. The van der Waals surface area contributed by atoms with Gasteiger partial charge in [0.2, 0.25) is 5.91 Å². The van der Waals surface area contributed by atoms with Crippen LogP contribution in [0.1, 0.15) is 70.6 Å². The van der Waals surface area contributed by atoms with E-state index in [-0.39, 0.29) is 18.5 Å². The fraction of sp³-hybridized carbons (Fsp3) is 0.875. The summed E-state index contributed by atoms with van der Waals surface area (Å²) in [6.07, 6.45) is 11.7. The van der Waals surface area contributed by atoms with Gasteiger partial charge in [0.25, 0.3) is 0 Å². The minimum absolute atomic E-state index is 0.0146. The Kier molecular flexibility index (Phi) is 8.87. The zero-order chi connectivity index (χ0) is 15.5. The normalized spacial score (nSPS) is 19.1. The molecule has 5 nitrogen and oxygen atoms in total. The summed E-state index contributed by atoms with van der Waals surface area (Å²) in [7, 11) is 1.55. The van der Waals surface area contributed by atoms with Crippen LogP contribution in [0.5, 0.6) is 0 Å². The second-order valence-corrected chi connectivity index (χ2v) is 6.00. The zero-order valence-corrected chi connectivity index (χ0v) is 13.3. The quantitative estimate of drug-likeness (QED) is 0.839. The van der Waals surface area contributed by atoms with Crippen molar-refractivity contribution in [2.75, 3.05) is 13.6 Å². The molecule has 2 N–H and O–H groups in total. The first-order chi connectivity index (χ1) is 10.1. The first kappa shape index (κ1) is 17.8. The van der Waals surface area contributed by atoms with Crippen molar-refractivity contribution in [2.24, 2.45) is 0 Å². The van der Waals surface area contributed by atoms with E-state index in [2.05, 4.69) is 5.32 Å². The molecule has 1 fully saturated rings. The van der Waals surface area contributed by atoms with Crippen molar-refractivity contribution in [1.29, 1.82) is 0 Å². The highest BCUT2D eigenvalue weighted by atomic mass is 16.4. The summed E-state index contributed by atoms with van der Waals surface area (Å²) in [6, 6.07) is -0.0146. The molecule has 122 valence electrons. The van der Waals surface area contributed by atoms with E-state index < -0.39 is 6.09 Å². The lowest BCUT2D eigenvalue weighted by Crippen LogP contribution is -2.45. The van der Waals surface area contributed by atoms with Crippen LogP contribution in [0, 0.1) is 0 Å². The van der Waals surface area contributed by atoms with Gasteiger partial charge in [-0.15, -0.1) is 0 Å². The molecule has 0 spiro atoms. The Bertz CT molecular complexity index is 309. The van der Waals surface area contributed by atoms with Gasteiger partial charge in [-0.1, -0.05) is 57.8 Å². The summed E-state index contributed by atoms with van der Waals surface area (Å²) in [5, 5.41) is 11.9. The topological polar surface area (TPSA) is 69.6 Å². The lowest BCUT2D eigenvalue weighted by atomic mass is 9.97. The summed E-state index contributed by atoms with van der Waals surface area (Å²) < 4.78 is 0. The highest BCUT2D eigenvalue weighted by Gasteiger charge is 2.24. The number of hydrogen-bond donors (Lipinski definition) is 2. The molecule has 0 unspecified atom stereocenters. The predicted octanol–water partition coefficient (Wildman–Crippen LogP) is 3.39. The van der Waals surface area contributed by atoms with Gasteiger partial charge in [0.1, 0.15) is 6.54 Å². The fourth-order valence-corrected chi connectivity index (χ4v) is 3.04. The lowest BCUT2D eigenvalue weighted by molar-refractivity contribution is -0.122. The minimum Gasteiger partial charge on any atom is -0.465 e. The third-order valence-electron chi connectivity index (χ3n) is 4.35. The summed E-state index contributed by atoms with van der Waals surface area (Å²) in [5.41, 5.74) is 0. The number of carbonyl (C=O) groups excluding carboxylic acids is 1. The van der Waals surface area contributed by atoms with Gasteiger partial charge in [0, 0.05) is 13.1 Å². The second kappa shape index (κ2) is 10.5. The van der Waals surface area contributed by atoms with E-state index in [0.29, 0.717) is 0 Å². The molecule has 0 heterocycles. The Morgan fingerprint density at radius 1 is 0.952 bits per heavy atom. The van der Waals surface area contributed by atoms with Gasteiger partial charge >= 0.3 is 6.09 Å². The van der Waals surface area contributed by atoms with Crippen molar-refractivity contribution >= 4 is 12.0 Å². The summed E-state index contributed by atoms with van der Waals surface area (Å²) in [4.78, 5) is 24.3. The molecule has 0 aliphatic heterocycles. The molecule has 1 aliphatic carbocycles. The van der Waals surface area contributed by atoms with Crippen molar-refractivity contribution in [1.82, 2.24) is 10.2 Å². The monoisotopic (exact) mass is 298 g/mol. The first-order valence-corrected chi connectivity index (χ1v) is 8.35. The summed E-state index contributed by atoms with van der Waals surface area (Å²) in [6.45, 7) is -0.0451. The molecule has 0 atom stereocenters. The van der Waals surface area contributed by atoms with Gasteiger partial charge in [0.05, 0.1) is 0 Å². The Labute approximate surface area is 128 Å². The van der Waals surface area contributed by atoms with Crippen molar-refractivity contribution in [3.63, 3.8) is 0 Å². The maximum atomic E-state index is 11.5. The van der Waals surface area contributed by atoms with Crippen molar-refractivity contribution in [3.05, 3.63) is 0 Å². The van der Waals surface area contributed by atoms with Gasteiger partial charge in [-0.2, -0.15) is 0 Å². The van der Waals surface area contributed by atoms with E-state index in [9.17, 15) is 14.7 Å². The van der Waals surface area contributed by atoms with E-state index >= 15 is 0 Å². The molecule has 0 aromatic heterocycles. The predicted molar refractivity (Wildman–Crippen MR) is 83.4 cm³/mol. The Hall–Kier alpha value is -1.26. The molecule has 0 aromatic carbocycles. The van der Waals surface area contributed by atoms with Crippen LogP contribution in [-0.4, -0.2) is 41.6 Å². The Morgan fingerprint density at radius 2 is 1.38 bits per heavy atom. The van der Waals surface area contributed by atoms with E-state index in [0.717, 1.165) is 25.7 Å². The van der Waals surface area contributed by atoms with Crippen LogP contribution in [0.2, 0.25) is 0 Å². The highest BCUT2D eigenvalue weighted by molar-refractivity contribution is 5.81. The average Bonchev–Trinajstić information content (AvgIpc) is 2.45. The van der Waals surface area contributed by atoms with E-state index in [1.54, 1.807) is 7.05 Å². The van der Waals surface area contributed by atoms with Gasteiger partial charge in [0.15, 0.2) is 0 Å². The smallest absolute Gasteiger partial charge is 0.408 e. The van der Waals surface area contributed by atoms with E-state index in [1.807, 2.05) is 0 Å². The zero-order valence-electron chi connectivity index (χ0n) is 13.3. The maximum absolute atomic E-state index is 11.5. The molecule has 0 saturated heterocycles. The van der Waals surface area contributed by atoms with Crippen LogP contribution in [0.4, 0.5) is 4.79 Å². The Balaban J connectivity index is 2.60. The second-order valence-electron chi connectivity index (χ2n) is 6.00. The van der Waals surface area contributed by atoms with Crippen LogP contribution >= 0.6 is 0 Å². The van der Waals surface area contributed by atoms with Crippen LogP contribution in [0.3, 0.4) is 0 Å². The molecule has 1 rings (SSSR count). The number of nitrogens with zero attached hydrogens (tertiary/aromatic N) is 1. The van der Waals surface area contributed by atoms with Crippen LogP contribution in [0.25, 0.3) is 0 Å². The van der Waals surface area contributed by atoms with Gasteiger partial charge in [-0.3, -0.25) is 9.69 Å². The molecule has 1 saturated carbocycles. The molecule has 1 aliphatic rings.